The second-order valence-electron chi connectivity index (χ2n) is 7.74. The number of amides is 4. The zero-order valence-corrected chi connectivity index (χ0v) is 18.7. The number of benzene rings is 2. The lowest BCUT2D eigenvalue weighted by molar-refractivity contribution is -0.140. The first-order valence-corrected chi connectivity index (χ1v) is 10.7. The predicted octanol–water partition coefficient (Wildman–Crippen LogP) is 2.28. The number of nitrogens with zero attached hydrogens (tertiary/aromatic N) is 3. The first-order chi connectivity index (χ1) is 16.9. The maximum Gasteiger partial charge on any atom is 0.271 e. The number of methoxy groups -OCH3 is 1. The number of pyridine rings is 1. The minimum absolute atomic E-state index is 0.0450. The Kier molecular flexibility index (Phi) is 6.81. The fourth-order valence-corrected chi connectivity index (χ4v) is 3.69. The Bertz CT molecular complexity index is 1270. The van der Waals surface area contributed by atoms with Gasteiger partial charge in [-0.3, -0.25) is 29.6 Å². The number of carbonyl (C=O) groups is 4. The summed E-state index contributed by atoms with van der Waals surface area (Å²) >= 11 is 0. The largest absolute Gasteiger partial charge is 0.497 e. The van der Waals surface area contributed by atoms with E-state index < -0.39 is 35.5 Å². The summed E-state index contributed by atoms with van der Waals surface area (Å²) in [6.07, 6.45) is 2.26. The van der Waals surface area contributed by atoms with Crippen LogP contribution >= 0.6 is 0 Å². The predicted molar refractivity (Wildman–Crippen MR) is 123 cm³/mol. The van der Waals surface area contributed by atoms with E-state index in [2.05, 4.69) is 10.4 Å². The molecule has 1 unspecified atom stereocenters. The van der Waals surface area contributed by atoms with Gasteiger partial charge in [0.05, 0.1) is 31.2 Å². The molecule has 1 aliphatic rings. The molecule has 1 N–H and O–H groups in total. The molecule has 9 nitrogen and oxygen atoms in total. The van der Waals surface area contributed by atoms with Crippen molar-refractivity contribution in [3.63, 3.8) is 0 Å². The Hall–Kier alpha value is -4.60. The van der Waals surface area contributed by atoms with Crippen LogP contribution in [0.25, 0.3) is 0 Å². The normalized spacial score (nSPS) is 15.1. The minimum Gasteiger partial charge on any atom is -0.497 e. The van der Waals surface area contributed by atoms with Crippen molar-refractivity contribution in [1.82, 2.24) is 15.4 Å². The van der Waals surface area contributed by atoms with Gasteiger partial charge in [-0.2, -0.15) is 0 Å². The van der Waals surface area contributed by atoms with Gasteiger partial charge in [0, 0.05) is 12.4 Å². The topological polar surface area (TPSA) is 109 Å². The maximum absolute atomic E-state index is 13.7. The van der Waals surface area contributed by atoms with E-state index in [0.717, 1.165) is 16.0 Å². The zero-order valence-electron chi connectivity index (χ0n) is 18.7. The van der Waals surface area contributed by atoms with E-state index in [0.29, 0.717) is 11.3 Å². The Labute approximate surface area is 200 Å². The van der Waals surface area contributed by atoms with E-state index in [-0.39, 0.29) is 24.1 Å². The van der Waals surface area contributed by atoms with Crippen molar-refractivity contribution in [2.24, 2.45) is 0 Å². The van der Waals surface area contributed by atoms with E-state index in [1.807, 2.05) is 0 Å². The number of hydrogen-bond donors (Lipinski definition) is 1. The molecular formula is C25H21FN4O5. The van der Waals surface area contributed by atoms with Gasteiger partial charge in [-0.25, -0.2) is 14.3 Å². The molecule has 4 rings (SSSR count). The molecule has 3 aromatic rings. The Morgan fingerprint density at radius 1 is 1.14 bits per heavy atom. The standard InChI is InChI=1S/C25H21FN4O5/c1-35-20-9-7-16(8-10-20)12-23(32)30(28-24(33)17-4-3-11-27-15-17)21-14-22(31)29(25(21)34)19-6-2-5-18(26)13-19/h2-11,13,15,21H,12,14H2,1H3,(H,28,33). The number of hydrogen-bond acceptors (Lipinski definition) is 6. The molecule has 2 heterocycles. The van der Waals surface area contributed by atoms with Crippen molar-refractivity contribution in [2.75, 3.05) is 12.0 Å². The molecule has 1 atom stereocenters. The summed E-state index contributed by atoms with van der Waals surface area (Å²) < 4.78 is 18.8. The van der Waals surface area contributed by atoms with Gasteiger partial charge in [-0.05, 0) is 48.0 Å². The van der Waals surface area contributed by atoms with Crippen molar-refractivity contribution in [3.05, 3.63) is 90.0 Å². The average Bonchev–Trinajstić information content (AvgIpc) is 3.16. The molecule has 0 radical (unpaired) electrons. The van der Waals surface area contributed by atoms with Crippen LogP contribution in [0.15, 0.2) is 73.1 Å². The van der Waals surface area contributed by atoms with Crippen LogP contribution in [0.3, 0.4) is 0 Å². The van der Waals surface area contributed by atoms with Crippen LogP contribution in [0.5, 0.6) is 5.75 Å². The monoisotopic (exact) mass is 476 g/mol. The lowest BCUT2D eigenvalue weighted by atomic mass is 10.1. The van der Waals surface area contributed by atoms with Crippen LogP contribution in [0.1, 0.15) is 22.3 Å². The van der Waals surface area contributed by atoms with Gasteiger partial charge in [-0.1, -0.05) is 18.2 Å². The van der Waals surface area contributed by atoms with E-state index >= 15 is 0 Å². The smallest absolute Gasteiger partial charge is 0.271 e. The molecule has 10 heteroatoms. The van der Waals surface area contributed by atoms with Gasteiger partial charge in [0.2, 0.25) is 11.8 Å². The Morgan fingerprint density at radius 3 is 2.57 bits per heavy atom. The molecule has 1 aromatic heterocycles. The van der Waals surface area contributed by atoms with Crippen LogP contribution in [0.2, 0.25) is 0 Å². The van der Waals surface area contributed by atoms with Gasteiger partial charge in [-0.15, -0.1) is 0 Å². The van der Waals surface area contributed by atoms with Crippen LogP contribution in [0.4, 0.5) is 10.1 Å². The Balaban J connectivity index is 1.62. The lowest BCUT2D eigenvalue weighted by Crippen LogP contribution is -2.55. The highest BCUT2D eigenvalue weighted by atomic mass is 19.1. The second kappa shape index (κ2) is 10.1. The molecule has 4 amide bonds. The highest BCUT2D eigenvalue weighted by Crippen LogP contribution is 2.26. The van der Waals surface area contributed by atoms with Crippen LogP contribution in [-0.2, 0) is 20.8 Å². The number of aromatic nitrogens is 1. The molecular weight excluding hydrogens is 455 g/mol. The number of rotatable bonds is 6. The third kappa shape index (κ3) is 5.16. The average molecular weight is 476 g/mol. The number of ether oxygens (including phenoxy) is 1. The molecule has 35 heavy (non-hydrogen) atoms. The molecule has 0 aliphatic carbocycles. The van der Waals surface area contributed by atoms with Gasteiger partial charge in [0.15, 0.2) is 0 Å². The molecule has 2 aromatic carbocycles. The fourth-order valence-electron chi connectivity index (χ4n) is 3.69. The van der Waals surface area contributed by atoms with Crippen LogP contribution in [-0.4, -0.2) is 46.8 Å². The zero-order chi connectivity index (χ0) is 24.9. The number of anilines is 1. The molecule has 1 saturated heterocycles. The fraction of sp³-hybridized carbons (Fsp3) is 0.160. The number of nitrogens with one attached hydrogen (secondary N) is 1. The van der Waals surface area contributed by atoms with Crippen molar-refractivity contribution in [2.45, 2.75) is 18.9 Å². The number of carbonyl (C=O) groups excluding carboxylic acids is 4. The van der Waals surface area contributed by atoms with Crippen LogP contribution in [0, 0.1) is 5.82 Å². The summed E-state index contributed by atoms with van der Waals surface area (Å²) in [7, 11) is 1.52. The first kappa shape index (κ1) is 23.6. The summed E-state index contributed by atoms with van der Waals surface area (Å²) in [6.45, 7) is 0. The van der Waals surface area contributed by atoms with Gasteiger partial charge in [0.1, 0.15) is 17.6 Å². The van der Waals surface area contributed by atoms with Crippen molar-refractivity contribution < 1.29 is 28.3 Å². The summed E-state index contributed by atoms with van der Waals surface area (Å²) in [5.41, 5.74) is 3.27. The van der Waals surface area contributed by atoms with E-state index in [9.17, 15) is 23.6 Å². The number of imide groups is 1. The number of hydrazine groups is 1. The van der Waals surface area contributed by atoms with Gasteiger partial charge < -0.3 is 4.74 Å². The van der Waals surface area contributed by atoms with E-state index in [4.69, 9.17) is 4.74 Å². The summed E-state index contributed by atoms with van der Waals surface area (Å²) in [6, 6.07) is 13.5. The quantitative estimate of drug-likeness (QED) is 0.432. The molecule has 178 valence electrons. The molecule has 1 fully saturated rings. The minimum atomic E-state index is -1.31. The first-order valence-electron chi connectivity index (χ1n) is 10.7. The molecule has 0 saturated carbocycles. The van der Waals surface area contributed by atoms with Crippen molar-refractivity contribution >= 4 is 29.3 Å². The third-order valence-electron chi connectivity index (χ3n) is 5.43. The van der Waals surface area contributed by atoms with Crippen molar-refractivity contribution in [1.29, 1.82) is 0 Å². The molecule has 0 bridgehead atoms. The van der Waals surface area contributed by atoms with Gasteiger partial charge in [0.25, 0.3) is 11.8 Å². The highest BCUT2D eigenvalue weighted by molar-refractivity contribution is 6.23. The second-order valence-corrected chi connectivity index (χ2v) is 7.74. The van der Waals surface area contributed by atoms with Gasteiger partial charge >= 0.3 is 0 Å². The Morgan fingerprint density at radius 2 is 1.91 bits per heavy atom. The van der Waals surface area contributed by atoms with E-state index in [1.54, 1.807) is 30.3 Å². The highest BCUT2D eigenvalue weighted by Gasteiger charge is 2.45. The summed E-state index contributed by atoms with van der Waals surface area (Å²) in [5, 5.41) is 0.874. The lowest BCUT2D eigenvalue weighted by Gasteiger charge is -2.28. The van der Waals surface area contributed by atoms with Crippen LogP contribution < -0.4 is 15.1 Å². The van der Waals surface area contributed by atoms with E-state index in [1.165, 1.54) is 43.8 Å². The number of halogens is 1. The molecule has 0 spiro atoms. The summed E-state index contributed by atoms with van der Waals surface area (Å²) in [5.74, 6) is -2.68. The maximum atomic E-state index is 13.7. The van der Waals surface area contributed by atoms with Crippen molar-refractivity contribution in [3.8, 4) is 5.75 Å². The SMILES string of the molecule is COc1ccc(CC(=O)N(NC(=O)c2cccnc2)C2CC(=O)N(c3cccc(F)c3)C2=O)cc1. The molecule has 1 aliphatic heterocycles. The third-order valence-corrected chi connectivity index (χ3v) is 5.43. The summed E-state index contributed by atoms with van der Waals surface area (Å²) in [4.78, 5) is 56.8.